The van der Waals surface area contributed by atoms with Crippen LogP contribution in [0.15, 0.2) is 40.9 Å². The van der Waals surface area contributed by atoms with E-state index in [1.54, 1.807) is 25.1 Å². The fraction of sp³-hybridized carbons (Fsp3) is 0.360. The smallest absolute Gasteiger partial charge is 0.258 e. The van der Waals surface area contributed by atoms with Crippen molar-refractivity contribution in [2.24, 2.45) is 0 Å². The van der Waals surface area contributed by atoms with E-state index in [2.05, 4.69) is 20.9 Å². The number of hydrogen-bond acceptors (Lipinski definition) is 8. The Balaban J connectivity index is 1.60. The molecule has 0 amide bonds. The fourth-order valence-electron chi connectivity index (χ4n) is 4.12. The summed E-state index contributed by atoms with van der Waals surface area (Å²) in [6.07, 6.45) is 1.31. The number of nitriles is 1. The maximum atomic E-state index is 12.4. The van der Waals surface area contributed by atoms with Crippen LogP contribution in [0.25, 0.3) is 22.8 Å². The van der Waals surface area contributed by atoms with Crippen molar-refractivity contribution >= 4 is 15.8 Å². The van der Waals surface area contributed by atoms with Gasteiger partial charge in [0.1, 0.15) is 23.4 Å². The Morgan fingerprint density at radius 2 is 2.11 bits per heavy atom. The number of ether oxygens (including phenoxy) is 1. The van der Waals surface area contributed by atoms with Gasteiger partial charge in [-0.1, -0.05) is 30.3 Å². The highest BCUT2D eigenvalue weighted by molar-refractivity contribution is 7.90. The van der Waals surface area contributed by atoms with Crippen LogP contribution in [0, 0.1) is 11.3 Å². The number of nitrogens with zero attached hydrogens (tertiary/aromatic N) is 3. The molecule has 10 heteroatoms. The number of fused-ring (bicyclic) bond motifs is 1. The molecule has 9 nitrogen and oxygen atoms in total. The number of Topliss-reactive ketones (excluding diaryl/α,β-unsaturated/α-hetero) is 1. The summed E-state index contributed by atoms with van der Waals surface area (Å²) < 4.78 is 38.6. The first-order valence-corrected chi connectivity index (χ1v) is 13.0. The Bertz CT molecular complexity index is 1410. The van der Waals surface area contributed by atoms with E-state index >= 15 is 0 Å². The van der Waals surface area contributed by atoms with Crippen LogP contribution in [0.2, 0.25) is 0 Å². The molecule has 1 aromatic heterocycles. The minimum absolute atomic E-state index is 0.0661. The lowest BCUT2D eigenvalue weighted by Gasteiger charge is -2.14. The molecule has 0 saturated heterocycles. The molecule has 0 radical (unpaired) electrons. The second-order valence-electron chi connectivity index (χ2n) is 8.65. The summed E-state index contributed by atoms with van der Waals surface area (Å²) in [5.74, 6) is 0.281. The highest BCUT2D eigenvalue weighted by Gasteiger charge is 2.30. The zero-order valence-corrected chi connectivity index (χ0v) is 20.6. The van der Waals surface area contributed by atoms with E-state index in [4.69, 9.17) is 9.26 Å². The number of ketones is 1. The highest BCUT2D eigenvalue weighted by atomic mass is 32.2. The van der Waals surface area contributed by atoms with Crippen molar-refractivity contribution in [2.45, 2.75) is 52.2 Å². The van der Waals surface area contributed by atoms with Crippen molar-refractivity contribution in [2.75, 3.05) is 5.75 Å². The van der Waals surface area contributed by atoms with E-state index < -0.39 is 21.8 Å². The molecule has 1 aliphatic rings. The number of nitrogens with one attached hydrogen (secondary N) is 1. The summed E-state index contributed by atoms with van der Waals surface area (Å²) in [6.45, 7) is 5.42. The molecule has 0 fully saturated rings. The Morgan fingerprint density at radius 1 is 1.31 bits per heavy atom. The van der Waals surface area contributed by atoms with Crippen molar-refractivity contribution in [1.29, 1.82) is 5.26 Å². The molecule has 2 aromatic carbocycles. The molecule has 1 atom stereocenters. The maximum absolute atomic E-state index is 12.4. The summed E-state index contributed by atoms with van der Waals surface area (Å²) in [4.78, 5) is 16.2. The van der Waals surface area contributed by atoms with Crippen LogP contribution in [0.1, 0.15) is 56.3 Å². The van der Waals surface area contributed by atoms with Crippen LogP contribution >= 0.6 is 0 Å². The first kappa shape index (κ1) is 24.6. The van der Waals surface area contributed by atoms with Crippen LogP contribution in [-0.2, 0) is 21.2 Å². The molecular weight excluding hydrogens is 468 g/mol. The van der Waals surface area contributed by atoms with Gasteiger partial charge in [0.25, 0.3) is 5.89 Å². The Hall–Kier alpha value is -3.55. The van der Waals surface area contributed by atoms with Gasteiger partial charge in [0.2, 0.25) is 15.8 Å². The average Bonchev–Trinajstić information content (AvgIpc) is 3.46. The van der Waals surface area contributed by atoms with Gasteiger partial charge in [-0.05, 0) is 56.0 Å². The third kappa shape index (κ3) is 5.42. The largest absolute Gasteiger partial charge is 0.490 e. The van der Waals surface area contributed by atoms with Gasteiger partial charge in [0.05, 0.1) is 11.7 Å². The van der Waals surface area contributed by atoms with E-state index in [1.165, 1.54) is 0 Å². The molecule has 3 aromatic rings. The normalized spacial score (nSPS) is 15.1. The van der Waals surface area contributed by atoms with Gasteiger partial charge >= 0.3 is 0 Å². The zero-order valence-electron chi connectivity index (χ0n) is 19.7. The molecular formula is C25H26N4O5S. The Morgan fingerprint density at radius 3 is 2.83 bits per heavy atom. The molecule has 0 bridgehead atoms. The van der Waals surface area contributed by atoms with Crippen molar-refractivity contribution in [3.05, 3.63) is 53.1 Å². The van der Waals surface area contributed by atoms with Crippen LogP contribution < -0.4 is 9.46 Å². The number of carbonyl (C=O) groups excluding carboxylic acids is 1. The molecule has 1 N–H and O–H groups in total. The SMILES string of the molecule is CCC(=O)CS(=O)(=O)N[C@H]1CCc2c(-c3noc(-c4ccc(OC(C)C)c(C#N)c4)n3)cccc21. The van der Waals surface area contributed by atoms with E-state index in [0.717, 1.165) is 16.7 Å². The Kier molecular flexibility index (Phi) is 7.00. The quantitative estimate of drug-likeness (QED) is 0.472. The molecule has 0 spiro atoms. The summed E-state index contributed by atoms with van der Waals surface area (Å²) in [5, 5.41) is 13.6. The van der Waals surface area contributed by atoms with Gasteiger partial charge in [-0.3, -0.25) is 4.79 Å². The van der Waals surface area contributed by atoms with Crippen LogP contribution in [-0.4, -0.2) is 36.2 Å². The number of aromatic nitrogens is 2. The molecule has 1 aliphatic carbocycles. The van der Waals surface area contributed by atoms with Gasteiger partial charge in [-0.15, -0.1) is 0 Å². The van der Waals surface area contributed by atoms with E-state index in [0.29, 0.717) is 35.5 Å². The third-order valence-corrected chi connectivity index (χ3v) is 7.06. The summed E-state index contributed by atoms with van der Waals surface area (Å²) in [6, 6.07) is 12.4. The first-order valence-electron chi connectivity index (χ1n) is 11.4. The molecule has 182 valence electrons. The van der Waals surface area contributed by atoms with Crippen LogP contribution in [0.5, 0.6) is 5.75 Å². The van der Waals surface area contributed by atoms with Crippen molar-refractivity contribution < 1.29 is 22.5 Å². The lowest BCUT2D eigenvalue weighted by molar-refractivity contribution is -0.116. The minimum Gasteiger partial charge on any atom is -0.490 e. The van der Waals surface area contributed by atoms with Gasteiger partial charge in [0, 0.05) is 23.6 Å². The lowest BCUT2D eigenvalue weighted by atomic mass is 10.0. The monoisotopic (exact) mass is 494 g/mol. The standard InChI is InChI=1S/C25H26N4O5S/c1-4-18(30)14-35(31,32)29-22-10-9-19-20(22)6-5-7-21(19)24-27-25(34-28-24)16-8-11-23(33-15(2)3)17(12-16)13-26/h5-8,11-12,15,22,29H,4,9-10,14H2,1-3H3/t22-/m0/s1. The third-order valence-electron chi connectivity index (χ3n) is 5.71. The second kappa shape index (κ2) is 9.98. The summed E-state index contributed by atoms with van der Waals surface area (Å²) in [7, 11) is -3.73. The Labute approximate surface area is 204 Å². The number of rotatable bonds is 9. The van der Waals surface area contributed by atoms with Crippen LogP contribution in [0.3, 0.4) is 0 Å². The molecule has 0 saturated carbocycles. The molecule has 35 heavy (non-hydrogen) atoms. The molecule has 0 unspecified atom stereocenters. The first-order chi connectivity index (χ1) is 16.7. The average molecular weight is 495 g/mol. The summed E-state index contributed by atoms with van der Waals surface area (Å²) in [5.41, 5.74) is 3.49. The second-order valence-corrected chi connectivity index (χ2v) is 10.4. The van der Waals surface area contributed by atoms with Gasteiger partial charge in [-0.25, -0.2) is 13.1 Å². The zero-order chi connectivity index (χ0) is 25.2. The molecule has 0 aliphatic heterocycles. The number of hydrogen-bond donors (Lipinski definition) is 1. The molecule has 1 heterocycles. The van der Waals surface area contributed by atoms with Crippen LogP contribution in [0.4, 0.5) is 0 Å². The van der Waals surface area contributed by atoms with Gasteiger partial charge in [0.15, 0.2) is 0 Å². The highest BCUT2D eigenvalue weighted by Crippen LogP contribution is 2.38. The van der Waals surface area contributed by atoms with Crippen molar-refractivity contribution in [1.82, 2.24) is 14.9 Å². The molecule has 4 rings (SSSR count). The number of carbonyl (C=O) groups is 1. The van der Waals surface area contributed by atoms with Crippen molar-refractivity contribution in [3.63, 3.8) is 0 Å². The fourth-order valence-corrected chi connectivity index (χ4v) is 5.51. The van der Waals surface area contributed by atoms with E-state index in [9.17, 15) is 18.5 Å². The minimum atomic E-state index is -3.73. The topological polar surface area (TPSA) is 135 Å². The van der Waals surface area contributed by atoms with Gasteiger partial charge < -0.3 is 9.26 Å². The summed E-state index contributed by atoms with van der Waals surface area (Å²) >= 11 is 0. The number of benzene rings is 2. The predicted molar refractivity (Wildman–Crippen MR) is 129 cm³/mol. The lowest BCUT2D eigenvalue weighted by Crippen LogP contribution is -2.32. The predicted octanol–water partition coefficient (Wildman–Crippen LogP) is 3.95. The van der Waals surface area contributed by atoms with Gasteiger partial charge in [-0.2, -0.15) is 10.2 Å². The van der Waals surface area contributed by atoms with E-state index in [1.807, 2.05) is 32.0 Å². The van der Waals surface area contributed by atoms with E-state index in [-0.39, 0.29) is 24.2 Å². The number of sulfonamides is 1. The van der Waals surface area contributed by atoms with Crippen molar-refractivity contribution in [3.8, 4) is 34.7 Å². The maximum Gasteiger partial charge on any atom is 0.258 e.